The van der Waals surface area contributed by atoms with Gasteiger partial charge in [-0.2, -0.15) is 4.31 Å². The van der Waals surface area contributed by atoms with Gasteiger partial charge in [0.25, 0.3) is 5.22 Å². The molecule has 7 nitrogen and oxygen atoms in total. The van der Waals surface area contributed by atoms with Crippen LogP contribution in [0.2, 0.25) is 5.02 Å². The van der Waals surface area contributed by atoms with E-state index in [4.69, 9.17) is 16.0 Å². The number of hydrogen-bond donors (Lipinski definition) is 0. The molecule has 30 heavy (non-hydrogen) atoms. The first-order valence-corrected chi connectivity index (χ1v) is 11.9. The zero-order valence-electron chi connectivity index (χ0n) is 15.6. The van der Waals surface area contributed by atoms with Crippen molar-refractivity contribution in [2.24, 2.45) is 0 Å². The van der Waals surface area contributed by atoms with E-state index in [2.05, 4.69) is 4.98 Å². The molecule has 0 bridgehead atoms. The summed E-state index contributed by atoms with van der Waals surface area (Å²) in [7, 11) is -3.94. The number of benzene rings is 2. The van der Waals surface area contributed by atoms with Crippen LogP contribution in [0.15, 0.2) is 57.0 Å². The summed E-state index contributed by atoms with van der Waals surface area (Å²) in [5.74, 6) is -0.823. The zero-order chi connectivity index (χ0) is 21.3. The topological polar surface area (TPSA) is 83.7 Å². The van der Waals surface area contributed by atoms with E-state index in [0.717, 1.165) is 6.07 Å². The summed E-state index contributed by atoms with van der Waals surface area (Å²) in [4.78, 5) is 18.0. The van der Waals surface area contributed by atoms with E-state index in [-0.39, 0.29) is 42.7 Å². The Balaban J connectivity index is 1.34. The van der Waals surface area contributed by atoms with Crippen molar-refractivity contribution < 1.29 is 22.0 Å². The Labute approximate surface area is 181 Å². The fourth-order valence-corrected chi connectivity index (χ4v) is 5.52. The van der Waals surface area contributed by atoms with Gasteiger partial charge in [0, 0.05) is 31.2 Å². The molecule has 1 aromatic heterocycles. The highest BCUT2D eigenvalue weighted by atomic mass is 35.5. The van der Waals surface area contributed by atoms with Gasteiger partial charge in [0.05, 0.1) is 5.75 Å². The minimum atomic E-state index is -3.94. The fourth-order valence-electron chi connectivity index (χ4n) is 3.13. The quantitative estimate of drug-likeness (QED) is 0.533. The van der Waals surface area contributed by atoms with E-state index >= 15 is 0 Å². The van der Waals surface area contributed by atoms with Crippen molar-refractivity contribution in [3.63, 3.8) is 0 Å². The summed E-state index contributed by atoms with van der Waals surface area (Å²) in [6.45, 7) is 0.676. The average Bonchev–Trinajstić information content (AvgIpc) is 3.14. The van der Waals surface area contributed by atoms with Gasteiger partial charge in [-0.25, -0.2) is 17.8 Å². The second kappa shape index (κ2) is 8.54. The maximum atomic E-state index is 13.9. The van der Waals surface area contributed by atoms with Gasteiger partial charge in [0.2, 0.25) is 15.9 Å². The van der Waals surface area contributed by atoms with Crippen LogP contribution in [0.3, 0.4) is 0 Å². The van der Waals surface area contributed by atoms with Crippen molar-refractivity contribution in [3.8, 4) is 0 Å². The number of hydrogen-bond acceptors (Lipinski definition) is 6. The van der Waals surface area contributed by atoms with Gasteiger partial charge in [-0.05, 0) is 30.3 Å². The van der Waals surface area contributed by atoms with Crippen LogP contribution in [-0.2, 0) is 14.8 Å². The SMILES string of the molecule is O=C(CSc1nc2cc(Cl)ccc2o1)N1CCN(S(=O)(=O)c2ccccc2F)CC1. The van der Waals surface area contributed by atoms with Crippen LogP contribution >= 0.6 is 23.4 Å². The number of thioether (sulfide) groups is 1. The van der Waals surface area contributed by atoms with Gasteiger partial charge in [-0.1, -0.05) is 35.5 Å². The highest BCUT2D eigenvalue weighted by Crippen LogP contribution is 2.26. The van der Waals surface area contributed by atoms with E-state index in [1.807, 2.05) is 0 Å². The number of halogens is 2. The van der Waals surface area contributed by atoms with Gasteiger partial charge in [0.15, 0.2) is 5.58 Å². The van der Waals surface area contributed by atoms with Crippen molar-refractivity contribution in [2.75, 3.05) is 31.9 Å². The van der Waals surface area contributed by atoms with Crippen LogP contribution < -0.4 is 0 Å². The number of amides is 1. The summed E-state index contributed by atoms with van der Waals surface area (Å²) in [6.07, 6.45) is 0. The monoisotopic (exact) mass is 469 g/mol. The molecule has 4 rings (SSSR count). The predicted octanol–water partition coefficient (Wildman–Crippen LogP) is 3.25. The van der Waals surface area contributed by atoms with E-state index in [0.29, 0.717) is 21.3 Å². The molecule has 2 aromatic carbocycles. The molecule has 0 aliphatic carbocycles. The number of carbonyl (C=O) groups excluding carboxylic acids is 1. The Hall–Kier alpha value is -2.14. The fraction of sp³-hybridized carbons (Fsp3) is 0.263. The minimum Gasteiger partial charge on any atom is -0.431 e. The number of nitrogens with zero attached hydrogens (tertiary/aromatic N) is 3. The number of aromatic nitrogens is 1. The standard InChI is InChI=1S/C19H17ClFN3O4S2/c20-13-5-6-16-15(11-13)22-19(28-16)29-12-18(25)23-7-9-24(10-8-23)30(26,27)17-4-2-1-3-14(17)21/h1-6,11H,7-10,12H2. The first kappa shape index (κ1) is 21.1. The molecule has 0 unspecified atom stereocenters. The minimum absolute atomic E-state index is 0.106. The second-order valence-corrected chi connectivity index (χ2v) is 9.87. The first-order chi connectivity index (χ1) is 14.3. The predicted molar refractivity (Wildman–Crippen MR) is 111 cm³/mol. The lowest BCUT2D eigenvalue weighted by molar-refractivity contribution is -0.129. The van der Waals surface area contributed by atoms with Crippen molar-refractivity contribution in [1.29, 1.82) is 0 Å². The van der Waals surface area contributed by atoms with Crippen LogP contribution in [0.4, 0.5) is 4.39 Å². The summed E-state index contributed by atoms with van der Waals surface area (Å²) in [5.41, 5.74) is 1.20. The largest absolute Gasteiger partial charge is 0.431 e. The molecule has 158 valence electrons. The second-order valence-electron chi connectivity index (χ2n) is 6.60. The van der Waals surface area contributed by atoms with Crippen molar-refractivity contribution in [1.82, 2.24) is 14.2 Å². The molecule has 0 saturated carbocycles. The van der Waals surface area contributed by atoms with Gasteiger partial charge in [-0.3, -0.25) is 4.79 Å². The normalized spacial score (nSPS) is 15.6. The zero-order valence-corrected chi connectivity index (χ0v) is 18.0. The Kier molecular flexibility index (Phi) is 6.01. The molecule has 0 spiro atoms. The van der Waals surface area contributed by atoms with E-state index < -0.39 is 15.8 Å². The molecular weight excluding hydrogens is 453 g/mol. The third-order valence-electron chi connectivity index (χ3n) is 4.69. The lowest BCUT2D eigenvalue weighted by Gasteiger charge is -2.34. The highest BCUT2D eigenvalue weighted by molar-refractivity contribution is 7.99. The number of oxazole rings is 1. The Morgan fingerprint density at radius 2 is 1.90 bits per heavy atom. The van der Waals surface area contributed by atoms with Crippen molar-refractivity contribution in [2.45, 2.75) is 10.1 Å². The first-order valence-electron chi connectivity index (χ1n) is 9.06. The van der Waals surface area contributed by atoms with Gasteiger partial charge in [-0.15, -0.1) is 0 Å². The van der Waals surface area contributed by atoms with Crippen LogP contribution in [0.5, 0.6) is 0 Å². The van der Waals surface area contributed by atoms with Crippen LogP contribution in [-0.4, -0.2) is 60.4 Å². The number of piperazine rings is 1. The third-order valence-corrected chi connectivity index (χ3v) is 7.67. The Morgan fingerprint density at radius 3 is 2.63 bits per heavy atom. The highest BCUT2D eigenvalue weighted by Gasteiger charge is 2.31. The summed E-state index contributed by atoms with van der Waals surface area (Å²) >= 11 is 7.10. The summed E-state index contributed by atoms with van der Waals surface area (Å²) in [5, 5.41) is 0.910. The molecule has 1 saturated heterocycles. The van der Waals surface area contributed by atoms with Crippen molar-refractivity contribution >= 4 is 50.4 Å². The Morgan fingerprint density at radius 1 is 1.17 bits per heavy atom. The van der Waals surface area contributed by atoms with Crippen molar-refractivity contribution in [3.05, 3.63) is 53.3 Å². The number of fused-ring (bicyclic) bond motifs is 1. The molecule has 1 aliphatic heterocycles. The molecule has 0 atom stereocenters. The molecule has 0 N–H and O–H groups in total. The summed E-state index contributed by atoms with van der Waals surface area (Å²) < 4.78 is 46.0. The number of rotatable bonds is 5. The van der Waals surface area contributed by atoms with Gasteiger partial charge in [0.1, 0.15) is 16.2 Å². The maximum Gasteiger partial charge on any atom is 0.257 e. The smallest absolute Gasteiger partial charge is 0.257 e. The number of sulfonamides is 1. The lowest BCUT2D eigenvalue weighted by Crippen LogP contribution is -2.51. The van der Waals surface area contributed by atoms with E-state index in [9.17, 15) is 17.6 Å². The Bertz CT molecular complexity index is 1190. The summed E-state index contributed by atoms with van der Waals surface area (Å²) in [6, 6.07) is 10.4. The molecule has 11 heteroatoms. The van der Waals surface area contributed by atoms with Gasteiger partial charge >= 0.3 is 0 Å². The number of carbonyl (C=O) groups is 1. The molecule has 1 amide bonds. The molecule has 2 heterocycles. The van der Waals surface area contributed by atoms with Crippen LogP contribution in [0.25, 0.3) is 11.1 Å². The van der Waals surface area contributed by atoms with E-state index in [1.165, 1.54) is 34.3 Å². The molecular formula is C19H17ClFN3O4S2. The lowest BCUT2D eigenvalue weighted by atomic mass is 10.3. The van der Waals surface area contributed by atoms with Crippen LogP contribution in [0, 0.1) is 5.82 Å². The molecule has 0 radical (unpaired) electrons. The van der Waals surface area contributed by atoms with Crippen LogP contribution in [0.1, 0.15) is 0 Å². The van der Waals surface area contributed by atoms with E-state index in [1.54, 1.807) is 23.1 Å². The van der Waals surface area contributed by atoms with Gasteiger partial charge < -0.3 is 9.32 Å². The molecule has 3 aromatic rings. The molecule has 1 aliphatic rings. The maximum absolute atomic E-state index is 13.9. The average molecular weight is 470 g/mol. The molecule has 1 fully saturated rings. The third kappa shape index (κ3) is 4.31.